The van der Waals surface area contributed by atoms with Crippen LogP contribution >= 0.6 is 0 Å². The van der Waals surface area contributed by atoms with Crippen molar-refractivity contribution in [1.29, 1.82) is 0 Å². The Kier molecular flexibility index (Phi) is 6.25. The zero-order chi connectivity index (χ0) is 22.9. The molecular weight excluding hydrogens is 438 g/mol. The minimum Gasteiger partial charge on any atom is -0.342 e. The van der Waals surface area contributed by atoms with E-state index in [1.54, 1.807) is 17.9 Å². The summed E-state index contributed by atoms with van der Waals surface area (Å²) in [6.07, 6.45) is 1.61. The maximum absolute atomic E-state index is 13.4. The van der Waals surface area contributed by atoms with Crippen LogP contribution < -0.4 is 4.72 Å². The summed E-state index contributed by atoms with van der Waals surface area (Å²) >= 11 is 0. The smallest absolute Gasteiger partial charge is 0.241 e. The summed E-state index contributed by atoms with van der Waals surface area (Å²) in [5.74, 6) is -0.290. The predicted molar refractivity (Wildman–Crippen MR) is 115 cm³/mol. The number of carbonyl (C=O) groups is 1. The third-order valence-electron chi connectivity index (χ3n) is 5.78. The van der Waals surface area contributed by atoms with E-state index in [9.17, 15) is 22.0 Å². The number of sulfonamides is 1. The van der Waals surface area contributed by atoms with Crippen molar-refractivity contribution in [2.75, 3.05) is 13.1 Å². The van der Waals surface area contributed by atoms with E-state index in [4.69, 9.17) is 0 Å². The first-order chi connectivity index (χ1) is 15.3. The van der Waals surface area contributed by atoms with Gasteiger partial charge in [-0.05, 0) is 61.7 Å². The molecule has 2 heterocycles. The Hall–Kier alpha value is -2.85. The van der Waals surface area contributed by atoms with Gasteiger partial charge in [0.15, 0.2) is 0 Å². The number of carbonyl (C=O) groups excluding carboxylic acids is 1. The summed E-state index contributed by atoms with van der Waals surface area (Å²) < 4.78 is 54.2. The summed E-state index contributed by atoms with van der Waals surface area (Å²) in [6.45, 7) is 2.66. The van der Waals surface area contributed by atoms with Crippen molar-refractivity contribution in [3.8, 4) is 0 Å². The molecule has 1 fully saturated rings. The summed E-state index contributed by atoms with van der Waals surface area (Å²) in [5, 5.41) is 0. The zero-order valence-electron chi connectivity index (χ0n) is 17.5. The lowest BCUT2D eigenvalue weighted by Crippen LogP contribution is -2.50. The highest BCUT2D eigenvalue weighted by Gasteiger charge is 2.31. The summed E-state index contributed by atoms with van der Waals surface area (Å²) in [4.78, 5) is 22.3. The first-order valence-electron chi connectivity index (χ1n) is 10.5. The molecule has 1 aromatic heterocycles. The highest BCUT2D eigenvalue weighted by Crippen LogP contribution is 2.28. The van der Waals surface area contributed by atoms with Crippen LogP contribution in [0.15, 0.2) is 47.4 Å². The van der Waals surface area contributed by atoms with Gasteiger partial charge in [-0.15, -0.1) is 0 Å². The number of imidazole rings is 1. The second kappa shape index (κ2) is 8.95. The number of fused-ring (bicyclic) bond motifs is 1. The van der Waals surface area contributed by atoms with Crippen molar-refractivity contribution >= 4 is 27.0 Å². The average Bonchev–Trinajstić information content (AvgIpc) is 3.20. The molecule has 3 aromatic rings. The van der Waals surface area contributed by atoms with E-state index in [0.29, 0.717) is 37.0 Å². The van der Waals surface area contributed by atoms with Crippen LogP contribution in [0.25, 0.3) is 11.0 Å². The molecule has 1 unspecified atom stereocenters. The molecule has 0 radical (unpaired) electrons. The van der Waals surface area contributed by atoms with Gasteiger partial charge >= 0.3 is 0 Å². The number of hydrogen-bond acceptors (Lipinski definition) is 4. The number of aromatic amines is 1. The Balaban J connectivity index is 1.40. The number of likely N-dealkylation sites (tertiary alicyclic amines) is 1. The number of rotatable bonds is 6. The van der Waals surface area contributed by atoms with Gasteiger partial charge < -0.3 is 9.88 Å². The zero-order valence-corrected chi connectivity index (χ0v) is 18.3. The van der Waals surface area contributed by atoms with Crippen LogP contribution in [-0.4, -0.2) is 48.3 Å². The van der Waals surface area contributed by atoms with Crippen molar-refractivity contribution in [2.24, 2.45) is 0 Å². The van der Waals surface area contributed by atoms with Gasteiger partial charge in [-0.2, -0.15) is 4.72 Å². The number of amides is 1. The Morgan fingerprint density at radius 2 is 1.81 bits per heavy atom. The molecule has 10 heteroatoms. The lowest BCUT2D eigenvalue weighted by atomic mass is 9.95. The normalized spacial score (nSPS) is 16.4. The lowest BCUT2D eigenvalue weighted by molar-refractivity contribution is -0.134. The topological polar surface area (TPSA) is 95.2 Å². The number of nitrogens with one attached hydrogen (secondary N) is 2. The molecule has 0 saturated carbocycles. The molecule has 32 heavy (non-hydrogen) atoms. The van der Waals surface area contributed by atoms with Gasteiger partial charge in [-0.3, -0.25) is 4.79 Å². The molecule has 0 aliphatic carbocycles. The molecule has 1 saturated heterocycles. The van der Waals surface area contributed by atoms with Gasteiger partial charge in [0.2, 0.25) is 15.9 Å². The predicted octanol–water partition coefficient (Wildman–Crippen LogP) is 3.30. The van der Waals surface area contributed by atoms with Gasteiger partial charge in [0, 0.05) is 19.0 Å². The molecule has 1 aliphatic rings. The molecular formula is C22H24F2N4O3S. The fraction of sp³-hybridized carbons (Fsp3) is 0.364. The molecule has 4 rings (SSSR count). The molecule has 1 aliphatic heterocycles. The van der Waals surface area contributed by atoms with Crippen molar-refractivity contribution in [1.82, 2.24) is 19.6 Å². The fourth-order valence-corrected chi connectivity index (χ4v) is 5.24. The number of halogens is 2. The Morgan fingerprint density at radius 1 is 1.16 bits per heavy atom. The molecule has 170 valence electrons. The standard InChI is InChI=1S/C22H24F2N4O3S/c1-2-18(27-32(30,31)17-6-3-15(23)4-7-17)22(29)28-11-9-14(10-12-28)21-25-19-8-5-16(24)13-20(19)26-21/h3-8,13-14,18,27H,2,9-12H2,1H3,(H,25,26). The minimum absolute atomic E-state index is 0.0924. The van der Waals surface area contributed by atoms with Crippen LogP contribution in [0.5, 0.6) is 0 Å². The number of benzene rings is 2. The molecule has 7 nitrogen and oxygen atoms in total. The Morgan fingerprint density at radius 3 is 2.47 bits per heavy atom. The maximum atomic E-state index is 13.4. The van der Waals surface area contributed by atoms with Gasteiger partial charge in [-0.25, -0.2) is 22.2 Å². The van der Waals surface area contributed by atoms with E-state index in [1.165, 1.54) is 24.3 Å². The molecule has 0 bridgehead atoms. The largest absolute Gasteiger partial charge is 0.342 e. The first kappa shape index (κ1) is 22.3. The average molecular weight is 463 g/mol. The van der Waals surface area contributed by atoms with E-state index < -0.39 is 21.9 Å². The number of piperidine rings is 1. The van der Waals surface area contributed by atoms with Crippen LogP contribution in [-0.2, 0) is 14.8 Å². The summed E-state index contributed by atoms with van der Waals surface area (Å²) in [5.41, 5.74) is 1.33. The number of H-pyrrole nitrogens is 1. The van der Waals surface area contributed by atoms with Gasteiger partial charge in [0.25, 0.3) is 0 Å². The van der Waals surface area contributed by atoms with E-state index in [0.717, 1.165) is 18.0 Å². The van der Waals surface area contributed by atoms with Crippen molar-refractivity contribution in [3.63, 3.8) is 0 Å². The van der Waals surface area contributed by atoms with Gasteiger partial charge in [-0.1, -0.05) is 6.92 Å². The fourth-order valence-electron chi connectivity index (χ4n) is 3.97. The van der Waals surface area contributed by atoms with E-state index in [-0.39, 0.29) is 29.0 Å². The minimum atomic E-state index is -3.95. The van der Waals surface area contributed by atoms with Gasteiger partial charge in [0.1, 0.15) is 23.5 Å². The molecule has 1 atom stereocenters. The van der Waals surface area contributed by atoms with Gasteiger partial charge in [0.05, 0.1) is 15.9 Å². The summed E-state index contributed by atoms with van der Waals surface area (Å²) in [7, 11) is -3.95. The second-order valence-electron chi connectivity index (χ2n) is 7.92. The third kappa shape index (κ3) is 4.66. The highest BCUT2D eigenvalue weighted by atomic mass is 32.2. The monoisotopic (exact) mass is 462 g/mol. The van der Waals surface area contributed by atoms with Crippen molar-refractivity contribution in [3.05, 3.63) is 59.9 Å². The van der Waals surface area contributed by atoms with E-state index in [1.807, 2.05) is 0 Å². The van der Waals surface area contributed by atoms with Crippen LogP contribution in [0.4, 0.5) is 8.78 Å². The Bertz CT molecular complexity index is 1220. The lowest BCUT2D eigenvalue weighted by Gasteiger charge is -2.33. The highest BCUT2D eigenvalue weighted by molar-refractivity contribution is 7.89. The number of aromatic nitrogens is 2. The van der Waals surface area contributed by atoms with Crippen molar-refractivity contribution in [2.45, 2.75) is 43.0 Å². The van der Waals surface area contributed by atoms with Crippen LogP contribution in [0.3, 0.4) is 0 Å². The molecule has 2 N–H and O–H groups in total. The number of hydrogen-bond donors (Lipinski definition) is 2. The molecule has 0 spiro atoms. The van der Waals surface area contributed by atoms with Crippen LogP contribution in [0.1, 0.15) is 37.9 Å². The SMILES string of the molecule is CCC(NS(=O)(=O)c1ccc(F)cc1)C(=O)N1CCC(c2nc3ccc(F)cc3[nH]2)CC1. The molecule has 1 amide bonds. The maximum Gasteiger partial charge on any atom is 0.241 e. The first-order valence-corrected chi connectivity index (χ1v) is 12.0. The summed E-state index contributed by atoms with van der Waals surface area (Å²) in [6, 6.07) is 7.95. The second-order valence-corrected chi connectivity index (χ2v) is 9.63. The molecule has 2 aromatic carbocycles. The van der Waals surface area contributed by atoms with E-state index >= 15 is 0 Å². The quantitative estimate of drug-likeness (QED) is 0.588. The third-order valence-corrected chi connectivity index (χ3v) is 7.27. The van der Waals surface area contributed by atoms with Crippen molar-refractivity contribution < 1.29 is 22.0 Å². The van der Waals surface area contributed by atoms with Crippen LogP contribution in [0, 0.1) is 11.6 Å². The Labute approximate surface area is 184 Å². The van der Waals surface area contributed by atoms with Crippen LogP contribution in [0.2, 0.25) is 0 Å². The van der Waals surface area contributed by atoms with E-state index in [2.05, 4.69) is 14.7 Å². The number of nitrogens with zero attached hydrogens (tertiary/aromatic N) is 2.